The Morgan fingerprint density at radius 2 is 1.91 bits per heavy atom. The van der Waals surface area contributed by atoms with Crippen LogP contribution in [0.4, 0.5) is 5.82 Å². The molecule has 0 fully saturated rings. The quantitative estimate of drug-likeness (QED) is 0.184. The highest BCUT2D eigenvalue weighted by Gasteiger charge is 2.23. The first-order valence-electron chi connectivity index (χ1n) is 14.5. The molecule has 0 saturated carbocycles. The summed E-state index contributed by atoms with van der Waals surface area (Å²) >= 11 is 0. The largest absolute Gasteiger partial charge is 0.396 e. The summed E-state index contributed by atoms with van der Waals surface area (Å²) in [6, 6.07) is 13.9. The average molecular weight is 582 g/mol. The molecule has 0 aliphatic carbocycles. The minimum absolute atomic E-state index is 0.0499. The van der Waals surface area contributed by atoms with E-state index in [4.69, 9.17) is 10.1 Å². The second-order valence-corrected chi connectivity index (χ2v) is 11.0. The maximum Gasteiger partial charge on any atom is 0.251 e. The Morgan fingerprint density at radius 3 is 2.58 bits per heavy atom. The van der Waals surface area contributed by atoms with E-state index in [1.807, 2.05) is 75.8 Å². The second-order valence-electron chi connectivity index (χ2n) is 11.0. The van der Waals surface area contributed by atoms with E-state index in [-0.39, 0.29) is 18.4 Å². The minimum Gasteiger partial charge on any atom is -0.396 e. The van der Waals surface area contributed by atoms with Crippen molar-refractivity contribution >= 4 is 17.4 Å². The van der Waals surface area contributed by atoms with Crippen LogP contribution in [-0.4, -0.2) is 53.9 Å². The maximum atomic E-state index is 12.9. The number of hydrogen-bond acceptors (Lipinski definition) is 7. The van der Waals surface area contributed by atoms with E-state index in [1.165, 1.54) is 0 Å². The smallest absolute Gasteiger partial charge is 0.251 e. The molecule has 0 aliphatic rings. The van der Waals surface area contributed by atoms with Crippen molar-refractivity contribution in [3.63, 3.8) is 0 Å². The van der Waals surface area contributed by atoms with Gasteiger partial charge in [-0.15, -0.1) is 0 Å². The van der Waals surface area contributed by atoms with Crippen LogP contribution in [0.15, 0.2) is 54.9 Å². The number of imidazole rings is 1. The lowest BCUT2D eigenvalue weighted by molar-refractivity contribution is 0.0962. The van der Waals surface area contributed by atoms with Gasteiger partial charge in [0.15, 0.2) is 5.65 Å². The Morgan fingerprint density at radius 1 is 1.12 bits per heavy atom. The minimum atomic E-state index is -0.759. The molecule has 0 spiro atoms. The third kappa shape index (κ3) is 5.76. The molecule has 0 bridgehead atoms. The number of benzene rings is 2. The van der Waals surface area contributed by atoms with Gasteiger partial charge in [0.25, 0.3) is 5.91 Å². The van der Waals surface area contributed by atoms with Gasteiger partial charge in [-0.25, -0.2) is 9.97 Å². The van der Waals surface area contributed by atoms with Gasteiger partial charge in [0.2, 0.25) is 0 Å². The summed E-state index contributed by atoms with van der Waals surface area (Å²) in [5, 5.41) is 31.9. The first-order chi connectivity index (χ1) is 20.7. The SMILES string of the molecule is CCC(O)c1cc(NCc2cccc(-c3nccn3C)c2)n2nc(C)c(-c3cc(C(=O)NC)c(C)c([C@H](C)CO)c3)c2n1. The molecule has 1 unspecified atom stereocenters. The molecule has 0 aliphatic heterocycles. The number of nitrogens with one attached hydrogen (secondary N) is 2. The van der Waals surface area contributed by atoms with E-state index in [0.717, 1.165) is 44.9 Å². The van der Waals surface area contributed by atoms with Crippen LogP contribution in [-0.2, 0) is 13.6 Å². The van der Waals surface area contributed by atoms with Gasteiger partial charge in [0, 0.05) is 68.3 Å². The molecule has 2 atom stereocenters. The number of amides is 1. The number of anilines is 1. The molecule has 10 heteroatoms. The van der Waals surface area contributed by atoms with E-state index in [1.54, 1.807) is 17.8 Å². The third-order valence-corrected chi connectivity index (χ3v) is 8.00. The molecule has 3 heterocycles. The topological polar surface area (TPSA) is 130 Å². The number of rotatable bonds is 10. The lowest BCUT2D eigenvalue weighted by Crippen LogP contribution is -2.20. The molecule has 2 aromatic carbocycles. The number of aromatic nitrogens is 5. The fourth-order valence-corrected chi connectivity index (χ4v) is 5.50. The number of carbonyl (C=O) groups excluding carboxylic acids is 1. The van der Waals surface area contributed by atoms with Crippen molar-refractivity contribution in [3.8, 4) is 22.5 Å². The molecule has 1 amide bonds. The predicted octanol–water partition coefficient (Wildman–Crippen LogP) is 4.92. The predicted molar refractivity (Wildman–Crippen MR) is 168 cm³/mol. The monoisotopic (exact) mass is 581 g/mol. The lowest BCUT2D eigenvalue weighted by Gasteiger charge is -2.18. The summed E-state index contributed by atoms with van der Waals surface area (Å²) in [5.74, 6) is 1.20. The van der Waals surface area contributed by atoms with Crippen molar-refractivity contribution in [3.05, 3.63) is 88.5 Å². The number of nitrogens with zero attached hydrogens (tertiary/aromatic N) is 5. The molecule has 0 saturated heterocycles. The van der Waals surface area contributed by atoms with Crippen LogP contribution in [0, 0.1) is 13.8 Å². The van der Waals surface area contributed by atoms with Gasteiger partial charge in [0.05, 0.1) is 17.5 Å². The van der Waals surface area contributed by atoms with Gasteiger partial charge in [-0.3, -0.25) is 4.79 Å². The fourth-order valence-electron chi connectivity index (χ4n) is 5.50. The zero-order valence-electron chi connectivity index (χ0n) is 25.5. The van der Waals surface area contributed by atoms with E-state index in [9.17, 15) is 15.0 Å². The number of fused-ring (bicyclic) bond motifs is 1. The first kappa shape index (κ1) is 29.9. The van der Waals surface area contributed by atoms with Crippen LogP contribution in [0.5, 0.6) is 0 Å². The molecule has 0 radical (unpaired) electrons. The van der Waals surface area contributed by atoms with Gasteiger partial charge in [0.1, 0.15) is 11.6 Å². The Balaban J connectivity index is 1.62. The highest BCUT2D eigenvalue weighted by molar-refractivity contribution is 5.98. The summed E-state index contributed by atoms with van der Waals surface area (Å²) in [5.41, 5.74) is 7.68. The van der Waals surface area contributed by atoms with Crippen molar-refractivity contribution in [2.75, 3.05) is 19.0 Å². The molecular weight excluding hydrogens is 542 g/mol. The summed E-state index contributed by atoms with van der Waals surface area (Å²) in [4.78, 5) is 22.2. The van der Waals surface area contributed by atoms with Gasteiger partial charge < -0.3 is 25.4 Å². The van der Waals surface area contributed by atoms with Crippen LogP contribution in [0.25, 0.3) is 28.2 Å². The Hall–Kier alpha value is -4.54. The summed E-state index contributed by atoms with van der Waals surface area (Å²) in [6.45, 7) is 8.11. The van der Waals surface area contributed by atoms with Crippen molar-refractivity contribution in [2.24, 2.45) is 7.05 Å². The lowest BCUT2D eigenvalue weighted by atomic mass is 9.89. The average Bonchev–Trinajstić information content (AvgIpc) is 3.60. The molecule has 5 rings (SSSR count). The maximum absolute atomic E-state index is 12.9. The van der Waals surface area contributed by atoms with E-state index >= 15 is 0 Å². The normalized spacial score (nSPS) is 12.8. The van der Waals surface area contributed by atoms with Gasteiger partial charge in [-0.05, 0) is 54.7 Å². The number of carbonyl (C=O) groups is 1. The molecule has 10 nitrogen and oxygen atoms in total. The zero-order chi connectivity index (χ0) is 30.8. The van der Waals surface area contributed by atoms with E-state index in [0.29, 0.717) is 35.7 Å². The van der Waals surface area contributed by atoms with Crippen molar-refractivity contribution in [2.45, 2.75) is 52.7 Å². The summed E-state index contributed by atoms with van der Waals surface area (Å²) in [7, 11) is 3.58. The number of aliphatic hydroxyl groups is 2. The van der Waals surface area contributed by atoms with Crippen LogP contribution < -0.4 is 10.6 Å². The highest BCUT2D eigenvalue weighted by Crippen LogP contribution is 2.35. The summed E-state index contributed by atoms with van der Waals surface area (Å²) < 4.78 is 3.74. The molecule has 3 aromatic heterocycles. The van der Waals surface area contributed by atoms with Gasteiger partial charge in [-0.2, -0.15) is 9.61 Å². The Labute approximate surface area is 251 Å². The Kier molecular flexibility index (Phi) is 8.61. The molecule has 5 aromatic rings. The van der Waals surface area contributed by atoms with Crippen LogP contribution >= 0.6 is 0 Å². The van der Waals surface area contributed by atoms with Crippen LogP contribution in [0.3, 0.4) is 0 Å². The first-order valence-corrected chi connectivity index (χ1v) is 14.5. The zero-order valence-corrected chi connectivity index (χ0v) is 25.5. The second kappa shape index (κ2) is 12.4. The van der Waals surface area contributed by atoms with Crippen molar-refractivity contribution < 1.29 is 15.0 Å². The van der Waals surface area contributed by atoms with Crippen molar-refractivity contribution in [1.29, 1.82) is 0 Å². The van der Waals surface area contributed by atoms with Crippen molar-refractivity contribution in [1.82, 2.24) is 29.5 Å². The molecule has 43 heavy (non-hydrogen) atoms. The van der Waals surface area contributed by atoms with E-state index < -0.39 is 6.10 Å². The number of hydrogen-bond donors (Lipinski definition) is 4. The van der Waals surface area contributed by atoms with E-state index in [2.05, 4.69) is 27.8 Å². The Bertz CT molecular complexity index is 1790. The molecule has 4 N–H and O–H groups in total. The fraction of sp³-hybridized carbons (Fsp3) is 0.333. The van der Waals surface area contributed by atoms with Gasteiger partial charge in [-0.1, -0.05) is 38.1 Å². The standard InChI is InChI=1S/C33H39N7O3/c1-7-28(42)27-16-29(36-17-22-9-8-10-23(13-22)31-35-11-12-39(31)6)40-32(37-27)30(21(4)38-40)24-14-25(19(2)18-41)20(3)26(15-24)33(43)34-5/h8-16,19,28,36,41-42H,7,17-18H2,1-6H3,(H,34,43)/t19-,28?/m1/s1. The van der Waals surface area contributed by atoms with Crippen LogP contribution in [0.1, 0.15) is 70.7 Å². The highest BCUT2D eigenvalue weighted by atomic mass is 16.3. The number of aliphatic hydroxyl groups excluding tert-OH is 2. The number of aryl methyl sites for hydroxylation is 2. The van der Waals surface area contributed by atoms with Crippen LogP contribution in [0.2, 0.25) is 0 Å². The molecular formula is C33H39N7O3. The summed E-state index contributed by atoms with van der Waals surface area (Å²) in [6.07, 6.45) is 3.45. The van der Waals surface area contributed by atoms with Gasteiger partial charge >= 0.3 is 0 Å². The molecule has 224 valence electrons. The third-order valence-electron chi connectivity index (χ3n) is 8.00.